The van der Waals surface area contributed by atoms with E-state index in [-0.39, 0.29) is 74.8 Å². The van der Waals surface area contributed by atoms with E-state index in [0.717, 1.165) is 5.57 Å². The maximum atomic E-state index is 14.6. The molecule has 4 rings (SSSR count). The number of carbonyl (C=O) groups is 5. The number of aliphatic hydroxyl groups excluding tert-OH is 1. The monoisotopic (exact) mass is 1120 g/mol. The van der Waals surface area contributed by atoms with Crippen molar-refractivity contribution in [1.29, 1.82) is 0 Å². The molecule has 444 valence electrons. The van der Waals surface area contributed by atoms with Crippen LogP contribution >= 0.6 is 7.82 Å². The first-order valence-corrected chi connectivity index (χ1v) is 29.7. The van der Waals surface area contributed by atoms with Gasteiger partial charge in [0.25, 0.3) is 11.7 Å². The highest BCUT2D eigenvalue weighted by Crippen LogP contribution is 2.43. The predicted octanol–water partition coefficient (Wildman–Crippen LogP) is 7.04. The molecule has 0 aromatic carbocycles. The molecule has 3 heterocycles. The summed E-state index contributed by atoms with van der Waals surface area (Å²) in [4.78, 5) is 82.8. The number of likely N-dealkylation sites (N-methyl/N-ethyl adjacent to an activating group) is 1. The van der Waals surface area contributed by atoms with Gasteiger partial charge in [-0.25, -0.2) is 9.36 Å². The lowest BCUT2D eigenvalue weighted by molar-refractivity contribution is -0.870. The first-order valence-electron chi connectivity index (χ1n) is 28.2. The summed E-state index contributed by atoms with van der Waals surface area (Å²) in [5.74, 6) is -8.39. The summed E-state index contributed by atoms with van der Waals surface area (Å²) in [5, 5.41) is 23.6. The second-order valence-corrected chi connectivity index (χ2v) is 25.0. The van der Waals surface area contributed by atoms with E-state index >= 15 is 0 Å². The molecule has 16 unspecified atom stereocenters. The molecular formula is C58H96N2O17P+. The van der Waals surface area contributed by atoms with E-state index < -0.39 is 91.5 Å². The fourth-order valence-corrected chi connectivity index (χ4v) is 11.8. The molecular weight excluding hydrogens is 1030 g/mol. The van der Waals surface area contributed by atoms with Crippen LogP contribution in [0.4, 0.5) is 0 Å². The van der Waals surface area contributed by atoms with Crippen molar-refractivity contribution in [1.82, 2.24) is 4.90 Å². The zero-order chi connectivity index (χ0) is 58.1. The van der Waals surface area contributed by atoms with Gasteiger partial charge in [-0.15, -0.1) is 0 Å². The van der Waals surface area contributed by atoms with Crippen LogP contribution in [0.1, 0.15) is 126 Å². The van der Waals surface area contributed by atoms with E-state index in [9.17, 15) is 43.6 Å². The summed E-state index contributed by atoms with van der Waals surface area (Å²) in [6, 6.07) is -1.19. The number of cyclic esters (lactones) is 1. The Morgan fingerprint density at radius 2 is 1.54 bits per heavy atom. The van der Waals surface area contributed by atoms with Gasteiger partial charge in [-0.2, -0.15) is 0 Å². The molecule has 0 aromatic heterocycles. The number of nitrogens with zero attached hydrogens (tertiary/aromatic N) is 2. The molecule has 3 fully saturated rings. The van der Waals surface area contributed by atoms with Crippen molar-refractivity contribution < 1.29 is 85.6 Å². The molecule has 0 spiro atoms. The van der Waals surface area contributed by atoms with Crippen LogP contribution in [-0.2, 0) is 66.0 Å². The van der Waals surface area contributed by atoms with Crippen molar-refractivity contribution in [3.05, 3.63) is 47.6 Å². The number of carbonyl (C=O) groups excluding carboxylic acids is 5. The van der Waals surface area contributed by atoms with Gasteiger partial charge < -0.3 is 52.9 Å². The van der Waals surface area contributed by atoms with Crippen LogP contribution in [0, 0.1) is 35.5 Å². The highest BCUT2D eigenvalue weighted by molar-refractivity contribution is 7.47. The first-order chi connectivity index (χ1) is 36.6. The summed E-state index contributed by atoms with van der Waals surface area (Å²) in [5.41, 5.74) is 1.23. The highest BCUT2D eigenvalue weighted by atomic mass is 31.2. The SMILES string of the molecule is COC1CC2CCC(C)C(O)(O2)C(=O)C(=O)N2CCCCC2C(=O)OC(C(C)CC2CCC(OCCOP(=O)(O)OCC[N+](C)(C)C)C(OC)C2)CC(=O)C(C)C=C(C)C(O)C(OC)C(=O)C(C)CC(C)/C=C\C=CC=C1C. The minimum Gasteiger partial charge on any atom is -0.460 e. The number of aliphatic hydroxyl groups is 2. The number of Topliss-reactive ketones (excluding diaryl/α,β-unsaturated/α-hetero) is 3. The summed E-state index contributed by atoms with van der Waals surface area (Å²) >= 11 is 0. The summed E-state index contributed by atoms with van der Waals surface area (Å²) in [7, 11) is 6.07. The third kappa shape index (κ3) is 20.0. The number of hydrogen-bond donors (Lipinski definition) is 3. The van der Waals surface area contributed by atoms with Crippen molar-refractivity contribution in [3.8, 4) is 0 Å². The van der Waals surface area contributed by atoms with Crippen molar-refractivity contribution in [3.63, 3.8) is 0 Å². The molecule has 4 aliphatic rings. The van der Waals surface area contributed by atoms with Crippen molar-refractivity contribution >= 4 is 37.0 Å². The number of phosphoric ester groups is 1. The Morgan fingerprint density at radius 1 is 0.833 bits per heavy atom. The molecule has 3 aliphatic heterocycles. The minimum absolute atomic E-state index is 0.00303. The second kappa shape index (κ2) is 31.2. The summed E-state index contributed by atoms with van der Waals surface area (Å²) in [6.45, 7) is 13.1. The number of ether oxygens (including phenoxy) is 6. The number of fused-ring (bicyclic) bond motifs is 3. The number of esters is 1. The number of rotatable bonds is 15. The lowest BCUT2D eigenvalue weighted by atomic mass is 9.78. The number of quaternary nitrogens is 1. The zero-order valence-corrected chi connectivity index (χ0v) is 49.9. The van der Waals surface area contributed by atoms with Gasteiger partial charge in [0.2, 0.25) is 5.79 Å². The Labute approximate surface area is 464 Å². The molecule has 2 saturated heterocycles. The number of hydrogen-bond acceptors (Lipinski definition) is 16. The Kier molecular flexibility index (Phi) is 26.9. The van der Waals surface area contributed by atoms with Gasteiger partial charge in [0.05, 0.1) is 58.8 Å². The average molecular weight is 1120 g/mol. The zero-order valence-electron chi connectivity index (χ0n) is 49.0. The fourth-order valence-electron chi connectivity index (χ4n) is 11.1. The Bertz CT molecular complexity index is 2160. The second-order valence-electron chi connectivity index (χ2n) is 23.6. The third-order valence-electron chi connectivity index (χ3n) is 16.1. The number of piperidine rings is 1. The van der Waals surface area contributed by atoms with Crippen LogP contribution in [0.2, 0.25) is 0 Å². The van der Waals surface area contributed by atoms with Gasteiger partial charge in [-0.3, -0.25) is 28.2 Å². The fraction of sp³-hybridized carbons (Fsp3) is 0.776. The quantitative estimate of drug-likeness (QED) is 0.0372. The first kappa shape index (κ1) is 67.2. The standard InChI is InChI=1S/C58H95N2O17P/c1-37-19-15-14-16-20-38(2)49(70-11)35-45-24-22-43(7)58(67,77-45)55(64)56(65)59-26-18-17-21-46(59)57(66)76-50(36-47(61)39(3)32-42(6)53(63)54(72-13)52(62)41(5)31-37)40(4)33-44-23-25-48(51(34-44)71-12)73-29-30-75-78(68,69)74-28-27-60(8,9)10/h14-16,19-20,32,37,39-41,43-46,48-51,53-54,63,67H,17-18,21-31,33-36H2,1-13H3/p+1/b16-14?,19-15-,38-20?,42-32?. The van der Waals surface area contributed by atoms with E-state index in [2.05, 4.69) is 0 Å². The molecule has 16 atom stereocenters. The Morgan fingerprint density at radius 3 is 2.21 bits per heavy atom. The molecule has 0 aromatic rings. The number of methoxy groups -OCH3 is 3. The van der Waals surface area contributed by atoms with Gasteiger partial charge in [0.1, 0.15) is 43.3 Å². The number of phosphoric acid groups is 1. The van der Waals surface area contributed by atoms with Crippen LogP contribution < -0.4 is 0 Å². The Hall–Kier alpha value is -3.30. The van der Waals surface area contributed by atoms with Crippen LogP contribution in [0.25, 0.3) is 0 Å². The lowest BCUT2D eigenvalue weighted by Crippen LogP contribution is -2.61. The molecule has 0 radical (unpaired) electrons. The van der Waals surface area contributed by atoms with Gasteiger partial charge in [-0.05, 0) is 107 Å². The average Bonchev–Trinajstić information content (AvgIpc) is 3.38. The third-order valence-corrected chi connectivity index (χ3v) is 17.2. The molecule has 1 aliphatic carbocycles. The van der Waals surface area contributed by atoms with E-state index in [0.29, 0.717) is 80.8 Å². The molecule has 1 saturated carbocycles. The van der Waals surface area contributed by atoms with Crippen LogP contribution in [0.5, 0.6) is 0 Å². The van der Waals surface area contributed by atoms with Gasteiger partial charge in [-0.1, -0.05) is 71.1 Å². The number of allylic oxidation sites excluding steroid dienone is 6. The molecule has 78 heavy (non-hydrogen) atoms. The molecule has 2 bridgehead atoms. The molecule has 3 N–H and O–H groups in total. The molecule has 1 amide bonds. The van der Waals surface area contributed by atoms with E-state index in [1.807, 2.05) is 72.3 Å². The van der Waals surface area contributed by atoms with E-state index in [1.165, 1.54) is 12.0 Å². The van der Waals surface area contributed by atoms with Gasteiger partial charge >= 0.3 is 13.8 Å². The van der Waals surface area contributed by atoms with Crippen LogP contribution in [0.3, 0.4) is 0 Å². The number of ketones is 3. The van der Waals surface area contributed by atoms with Crippen molar-refractivity contribution in [2.75, 3.05) is 75.4 Å². The van der Waals surface area contributed by atoms with Gasteiger partial charge in [0.15, 0.2) is 5.78 Å². The van der Waals surface area contributed by atoms with Crippen molar-refractivity contribution in [2.24, 2.45) is 35.5 Å². The maximum Gasteiger partial charge on any atom is 0.472 e. The largest absolute Gasteiger partial charge is 0.472 e. The summed E-state index contributed by atoms with van der Waals surface area (Å²) < 4.78 is 59.2. The minimum atomic E-state index is -4.28. The van der Waals surface area contributed by atoms with Crippen LogP contribution in [-0.4, -0.2) is 184 Å². The Balaban J connectivity index is 1.62. The predicted molar refractivity (Wildman–Crippen MR) is 293 cm³/mol. The summed E-state index contributed by atoms with van der Waals surface area (Å²) in [6.07, 6.45) is 10.9. The highest BCUT2D eigenvalue weighted by Gasteiger charge is 2.53. The number of amides is 1. The molecule has 19 nitrogen and oxygen atoms in total. The van der Waals surface area contributed by atoms with Crippen molar-refractivity contribution in [2.45, 2.75) is 180 Å². The van der Waals surface area contributed by atoms with Crippen LogP contribution in [0.15, 0.2) is 47.6 Å². The maximum absolute atomic E-state index is 14.6. The molecule has 20 heteroatoms. The normalized spacial score (nSPS) is 35.0. The lowest BCUT2D eigenvalue weighted by Gasteiger charge is -2.42. The van der Waals surface area contributed by atoms with E-state index in [4.69, 9.17) is 37.5 Å². The smallest absolute Gasteiger partial charge is 0.460 e. The van der Waals surface area contributed by atoms with E-state index in [1.54, 1.807) is 48.0 Å². The van der Waals surface area contributed by atoms with Gasteiger partial charge in [0, 0.05) is 58.5 Å². The topological polar surface area (TPSA) is 240 Å².